The molecule has 1 aromatic carbocycles. The first-order valence-corrected chi connectivity index (χ1v) is 17.2. The summed E-state index contributed by atoms with van der Waals surface area (Å²) >= 11 is 0. The van der Waals surface area contributed by atoms with Crippen molar-refractivity contribution in [1.82, 2.24) is 35.1 Å². The van der Waals surface area contributed by atoms with E-state index in [9.17, 15) is 17.6 Å². The maximum Gasteiger partial charge on any atom is 0.227 e. The number of sulfone groups is 1. The molecule has 6 aromatic rings. The van der Waals surface area contributed by atoms with Gasteiger partial charge in [0.15, 0.2) is 11.5 Å². The number of hydrogen-bond acceptors (Lipinski definition) is 8. The highest BCUT2D eigenvalue weighted by Crippen LogP contribution is 2.33. The average molecular weight is 639 g/mol. The van der Waals surface area contributed by atoms with Gasteiger partial charge in [0, 0.05) is 35.7 Å². The first-order chi connectivity index (χ1) is 22.2. The maximum absolute atomic E-state index is 14.6. The van der Waals surface area contributed by atoms with Crippen LogP contribution in [0.5, 0.6) is 0 Å². The Morgan fingerprint density at radius 2 is 1.76 bits per heavy atom. The minimum absolute atomic E-state index is 0.0290. The molecule has 3 N–H and O–H groups in total. The van der Waals surface area contributed by atoms with Gasteiger partial charge < -0.3 is 10.3 Å². The van der Waals surface area contributed by atoms with E-state index < -0.39 is 15.7 Å². The van der Waals surface area contributed by atoms with Crippen molar-refractivity contribution in [3.63, 3.8) is 0 Å². The number of anilines is 1. The van der Waals surface area contributed by atoms with Gasteiger partial charge in [0.25, 0.3) is 0 Å². The van der Waals surface area contributed by atoms with Crippen LogP contribution in [0.3, 0.4) is 0 Å². The smallest absolute Gasteiger partial charge is 0.227 e. The number of nitrogens with one attached hydrogen (secondary N) is 3. The molecule has 0 unspecified atom stereocenters. The molecule has 46 heavy (non-hydrogen) atoms. The lowest BCUT2D eigenvalue weighted by atomic mass is 9.88. The van der Waals surface area contributed by atoms with Gasteiger partial charge in [-0.05, 0) is 60.7 Å². The van der Waals surface area contributed by atoms with Crippen LogP contribution < -0.4 is 5.32 Å². The highest BCUT2D eigenvalue weighted by atomic mass is 32.2. The minimum atomic E-state index is -3.21. The first-order valence-electron chi connectivity index (χ1n) is 15.1. The van der Waals surface area contributed by atoms with Gasteiger partial charge >= 0.3 is 0 Å². The highest BCUT2D eigenvalue weighted by molar-refractivity contribution is 7.90. The number of benzene rings is 1. The van der Waals surface area contributed by atoms with Crippen molar-refractivity contribution in [1.29, 1.82) is 0 Å². The van der Waals surface area contributed by atoms with Crippen molar-refractivity contribution in [2.75, 3.05) is 17.3 Å². The van der Waals surface area contributed by atoms with Gasteiger partial charge in [-0.3, -0.25) is 19.9 Å². The SMILES string of the molecule is CS(=O)(=O)CCc1cc(F)cc(-c2cncc3[nH]c(-c4n[nH]c5ccc(-c6cncc(NC(=O)C7CCCCC7)c6)nc45)nc23)c1. The van der Waals surface area contributed by atoms with Gasteiger partial charge in [0.2, 0.25) is 5.91 Å². The maximum atomic E-state index is 14.6. The molecule has 0 aliphatic heterocycles. The molecule has 0 bridgehead atoms. The van der Waals surface area contributed by atoms with E-state index in [1.165, 1.54) is 18.6 Å². The second-order valence-electron chi connectivity index (χ2n) is 11.8. The standard InChI is InChI=1S/C33H31FN8O3S/c1-46(44,45)10-9-19-11-21(13-23(34)12-19)25-17-36-18-28-29(25)40-32(39-28)31-30-27(41-42-31)8-7-26(38-30)22-14-24(16-35-15-22)37-33(43)20-5-3-2-4-6-20/h7-8,11-18,20H,2-6,9-10H2,1H3,(H,37,43)(H,39,40)(H,41,42). The van der Waals surface area contributed by atoms with Crippen LogP contribution in [-0.2, 0) is 21.1 Å². The van der Waals surface area contributed by atoms with Crippen molar-refractivity contribution in [3.8, 4) is 33.9 Å². The van der Waals surface area contributed by atoms with E-state index in [1.54, 1.807) is 30.9 Å². The van der Waals surface area contributed by atoms with Crippen LogP contribution in [0, 0.1) is 11.7 Å². The van der Waals surface area contributed by atoms with Crippen LogP contribution in [0.15, 0.2) is 61.2 Å². The Morgan fingerprint density at radius 3 is 2.59 bits per heavy atom. The van der Waals surface area contributed by atoms with Gasteiger partial charge in [-0.15, -0.1) is 0 Å². The van der Waals surface area contributed by atoms with E-state index in [1.807, 2.05) is 18.2 Å². The monoisotopic (exact) mass is 638 g/mol. The third-order valence-electron chi connectivity index (χ3n) is 8.33. The molecule has 13 heteroatoms. The van der Waals surface area contributed by atoms with Crippen molar-refractivity contribution in [3.05, 3.63) is 72.6 Å². The van der Waals surface area contributed by atoms with Gasteiger partial charge in [-0.25, -0.2) is 22.8 Å². The molecule has 0 saturated heterocycles. The number of rotatable bonds is 8. The number of imidazole rings is 1. The van der Waals surface area contributed by atoms with Crippen LogP contribution in [0.4, 0.5) is 10.1 Å². The molecule has 234 valence electrons. The number of halogens is 1. The molecular formula is C33H31FN8O3S. The summed E-state index contributed by atoms with van der Waals surface area (Å²) in [4.78, 5) is 34.5. The summed E-state index contributed by atoms with van der Waals surface area (Å²) in [5.74, 6) is -0.0536. The number of carbonyl (C=O) groups is 1. The molecule has 1 amide bonds. The van der Waals surface area contributed by atoms with E-state index >= 15 is 0 Å². The fourth-order valence-electron chi connectivity index (χ4n) is 5.99. The van der Waals surface area contributed by atoms with Gasteiger partial charge in [0.1, 0.15) is 21.2 Å². The van der Waals surface area contributed by atoms with E-state index in [0.29, 0.717) is 61.7 Å². The second kappa shape index (κ2) is 12.0. The number of amides is 1. The zero-order valence-corrected chi connectivity index (χ0v) is 25.9. The highest BCUT2D eigenvalue weighted by Gasteiger charge is 2.22. The number of H-pyrrole nitrogens is 2. The zero-order chi connectivity index (χ0) is 31.8. The van der Waals surface area contributed by atoms with Crippen LogP contribution >= 0.6 is 0 Å². The van der Waals surface area contributed by atoms with Crippen LogP contribution in [-0.4, -0.2) is 61.5 Å². The molecule has 11 nitrogen and oxygen atoms in total. The second-order valence-corrected chi connectivity index (χ2v) is 14.1. The van der Waals surface area contributed by atoms with E-state index in [2.05, 4.69) is 30.5 Å². The fourth-order valence-corrected chi connectivity index (χ4v) is 6.60. The van der Waals surface area contributed by atoms with Crippen molar-refractivity contribution in [2.45, 2.75) is 38.5 Å². The summed E-state index contributed by atoms with van der Waals surface area (Å²) in [6.07, 6.45) is 13.1. The quantitative estimate of drug-likeness (QED) is 0.187. The lowest BCUT2D eigenvalue weighted by Crippen LogP contribution is -2.24. The number of pyridine rings is 3. The average Bonchev–Trinajstić information content (AvgIpc) is 3.68. The molecule has 1 saturated carbocycles. The summed E-state index contributed by atoms with van der Waals surface area (Å²) in [5, 5.41) is 10.5. The van der Waals surface area contributed by atoms with Crippen molar-refractivity contribution >= 4 is 43.5 Å². The molecule has 5 aromatic heterocycles. The summed E-state index contributed by atoms with van der Waals surface area (Å²) in [6.45, 7) is 0. The lowest BCUT2D eigenvalue weighted by molar-refractivity contribution is -0.120. The summed E-state index contributed by atoms with van der Waals surface area (Å²) < 4.78 is 38.0. The molecule has 1 aliphatic carbocycles. The molecule has 1 aliphatic rings. The largest absolute Gasteiger partial charge is 0.335 e. The van der Waals surface area contributed by atoms with Crippen molar-refractivity contribution < 1.29 is 17.6 Å². The molecule has 7 rings (SSSR count). The van der Waals surface area contributed by atoms with Gasteiger partial charge in [-0.2, -0.15) is 5.10 Å². The van der Waals surface area contributed by atoms with Gasteiger partial charge in [-0.1, -0.05) is 25.3 Å². The van der Waals surface area contributed by atoms with Crippen LogP contribution in [0.1, 0.15) is 37.7 Å². The Bertz CT molecular complexity index is 2210. The number of aromatic nitrogens is 7. The third-order valence-corrected chi connectivity index (χ3v) is 9.28. The number of fused-ring (bicyclic) bond motifs is 2. The summed E-state index contributed by atoms with van der Waals surface area (Å²) in [5.41, 5.74) is 6.65. The molecule has 0 radical (unpaired) electrons. The number of hydrogen-bond donors (Lipinski definition) is 3. The Kier molecular flexibility index (Phi) is 7.77. The summed E-state index contributed by atoms with van der Waals surface area (Å²) in [6, 6.07) is 10.1. The zero-order valence-electron chi connectivity index (χ0n) is 25.0. The van der Waals surface area contributed by atoms with E-state index in [-0.39, 0.29) is 24.0 Å². The normalized spacial score (nSPS) is 14.2. The molecular weight excluding hydrogens is 607 g/mol. The molecule has 0 atom stereocenters. The van der Waals surface area contributed by atoms with Crippen molar-refractivity contribution in [2.24, 2.45) is 5.92 Å². The Labute approximate surface area is 264 Å². The molecule has 0 spiro atoms. The predicted molar refractivity (Wildman–Crippen MR) is 174 cm³/mol. The lowest BCUT2D eigenvalue weighted by Gasteiger charge is -2.20. The fraction of sp³-hybridized carbons (Fsp3) is 0.273. The Balaban J connectivity index is 1.21. The first kappa shape index (κ1) is 29.7. The van der Waals surface area contributed by atoms with Crippen LogP contribution in [0.2, 0.25) is 0 Å². The number of carbonyl (C=O) groups excluding carboxylic acids is 1. The minimum Gasteiger partial charge on any atom is -0.335 e. The predicted octanol–water partition coefficient (Wildman–Crippen LogP) is 5.87. The summed E-state index contributed by atoms with van der Waals surface area (Å²) in [7, 11) is -3.21. The number of nitrogens with zero attached hydrogens (tertiary/aromatic N) is 5. The van der Waals surface area contributed by atoms with E-state index in [0.717, 1.165) is 37.5 Å². The van der Waals surface area contributed by atoms with Crippen LogP contribution in [0.25, 0.3) is 56.0 Å². The number of aryl methyl sites for hydroxylation is 1. The molecule has 1 fully saturated rings. The van der Waals surface area contributed by atoms with E-state index in [4.69, 9.17) is 9.97 Å². The third kappa shape index (κ3) is 6.23. The topological polar surface area (TPSA) is 159 Å². The number of aromatic amines is 2. The Hall–Kier alpha value is -5.04. The Morgan fingerprint density at radius 1 is 0.935 bits per heavy atom. The molecule has 5 heterocycles. The van der Waals surface area contributed by atoms with Gasteiger partial charge in [0.05, 0.1) is 46.1 Å².